The van der Waals surface area contributed by atoms with Gasteiger partial charge in [-0.25, -0.2) is 0 Å². The summed E-state index contributed by atoms with van der Waals surface area (Å²) >= 11 is 0. The van der Waals surface area contributed by atoms with Gasteiger partial charge in [0.15, 0.2) is 0 Å². The highest BCUT2D eigenvalue weighted by molar-refractivity contribution is 5.49. The Morgan fingerprint density at radius 2 is 1.53 bits per heavy atom. The molecule has 0 aliphatic carbocycles. The summed E-state index contributed by atoms with van der Waals surface area (Å²) in [7, 11) is 6.00. The molecule has 0 atom stereocenters. The molecule has 0 bridgehead atoms. The van der Waals surface area contributed by atoms with Crippen molar-refractivity contribution in [2.75, 3.05) is 21.1 Å². The van der Waals surface area contributed by atoms with Gasteiger partial charge >= 0.3 is 0 Å². The maximum atomic E-state index is 8.44. The van der Waals surface area contributed by atoms with Gasteiger partial charge in [0, 0.05) is 5.57 Å². The Hall–Kier alpha value is -2.04. The average Bonchev–Trinajstić information content (AvgIpc) is 2.20. The van der Waals surface area contributed by atoms with Crippen LogP contribution in [0.25, 0.3) is 0 Å². The largest absolute Gasteiger partial charge is 0.473 e. The highest BCUT2D eigenvalue weighted by atomic mass is 16.5. The van der Waals surface area contributed by atoms with Gasteiger partial charge in [0.25, 0.3) is 0 Å². The van der Waals surface area contributed by atoms with Crippen LogP contribution in [0, 0.1) is 22.7 Å². The van der Waals surface area contributed by atoms with E-state index in [1.54, 1.807) is 24.3 Å². The zero-order chi connectivity index (χ0) is 11.7. The van der Waals surface area contributed by atoms with Crippen molar-refractivity contribution in [2.45, 2.75) is 0 Å². The SMILES string of the molecule is CN(C)C.N#CC(C#N)=C1C=COC=C1. The second-order valence-corrected chi connectivity index (χ2v) is 3.14. The van der Waals surface area contributed by atoms with E-state index in [1.807, 2.05) is 26.0 Å². The van der Waals surface area contributed by atoms with Crippen LogP contribution in [0.15, 0.2) is 35.8 Å². The summed E-state index contributed by atoms with van der Waals surface area (Å²) in [6, 6.07) is 3.56. The quantitative estimate of drug-likeness (QED) is 0.560. The first-order valence-corrected chi connectivity index (χ1v) is 4.25. The zero-order valence-corrected chi connectivity index (χ0v) is 9.06. The lowest BCUT2D eigenvalue weighted by molar-refractivity contribution is 0.398. The molecule has 0 radical (unpaired) electrons. The molecule has 0 saturated heterocycles. The summed E-state index contributed by atoms with van der Waals surface area (Å²) in [6.45, 7) is 0. The third-order valence-electron chi connectivity index (χ3n) is 1.16. The maximum Gasteiger partial charge on any atom is 0.137 e. The molecule has 0 aromatic carbocycles. The van der Waals surface area contributed by atoms with Crippen LogP contribution in [0.1, 0.15) is 0 Å². The second kappa shape index (κ2) is 7.37. The molecule has 0 N–H and O–H groups in total. The van der Waals surface area contributed by atoms with Crippen LogP contribution in [-0.2, 0) is 4.74 Å². The van der Waals surface area contributed by atoms with Crippen molar-refractivity contribution in [3.05, 3.63) is 35.8 Å². The summed E-state index contributed by atoms with van der Waals surface area (Å²) in [5.41, 5.74) is 0.682. The lowest BCUT2D eigenvalue weighted by atomic mass is 10.1. The van der Waals surface area contributed by atoms with Crippen LogP contribution in [0.3, 0.4) is 0 Å². The minimum atomic E-state index is 0.0980. The molecule has 4 heteroatoms. The van der Waals surface area contributed by atoms with Crippen LogP contribution in [0.5, 0.6) is 0 Å². The smallest absolute Gasteiger partial charge is 0.137 e. The number of allylic oxidation sites excluding steroid dienone is 4. The van der Waals surface area contributed by atoms with Crippen LogP contribution in [-0.4, -0.2) is 26.0 Å². The van der Waals surface area contributed by atoms with E-state index in [2.05, 4.69) is 0 Å². The van der Waals surface area contributed by atoms with Crippen LogP contribution in [0.2, 0.25) is 0 Å². The number of hydrogen-bond donors (Lipinski definition) is 0. The van der Waals surface area contributed by atoms with Crippen molar-refractivity contribution in [2.24, 2.45) is 0 Å². The molecule has 78 valence electrons. The molecule has 0 amide bonds. The van der Waals surface area contributed by atoms with Gasteiger partial charge in [-0.3, -0.25) is 0 Å². The van der Waals surface area contributed by atoms with E-state index in [0.29, 0.717) is 5.57 Å². The first-order valence-electron chi connectivity index (χ1n) is 4.25. The van der Waals surface area contributed by atoms with Gasteiger partial charge in [-0.2, -0.15) is 10.5 Å². The third-order valence-corrected chi connectivity index (χ3v) is 1.16. The molecule has 15 heavy (non-hydrogen) atoms. The lowest BCUT2D eigenvalue weighted by Gasteiger charge is -1.98. The molecule has 0 aromatic heterocycles. The van der Waals surface area contributed by atoms with Gasteiger partial charge in [-0.1, -0.05) is 0 Å². The number of ether oxygens (including phenoxy) is 1. The summed E-state index contributed by atoms with van der Waals surface area (Å²) in [5, 5.41) is 16.9. The fraction of sp³-hybridized carbons (Fsp3) is 0.273. The number of rotatable bonds is 0. The number of nitrogens with zero attached hydrogens (tertiary/aromatic N) is 3. The first-order chi connectivity index (χ1) is 7.11. The monoisotopic (exact) mass is 203 g/mol. The fourth-order valence-corrected chi connectivity index (χ4v) is 0.647. The molecular formula is C11H13N3O. The Balaban J connectivity index is 0.000000423. The van der Waals surface area contributed by atoms with E-state index < -0.39 is 0 Å². The molecular weight excluding hydrogens is 190 g/mol. The molecule has 0 unspecified atom stereocenters. The van der Waals surface area contributed by atoms with E-state index >= 15 is 0 Å². The van der Waals surface area contributed by atoms with Gasteiger partial charge in [0.2, 0.25) is 0 Å². The summed E-state index contributed by atoms with van der Waals surface area (Å²) in [6.07, 6.45) is 5.98. The Bertz CT molecular complexity index is 332. The third kappa shape index (κ3) is 6.09. The second-order valence-electron chi connectivity index (χ2n) is 3.14. The lowest BCUT2D eigenvalue weighted by Crippen LogP contribution is -1.99. The normalized spacial score (nSPS) is 12.0. The van der Waals surface area contributed by atoms with Gasteiger partial charge < -0.3 is 9.64 Å². The molecule has 0 spiro atoms. The molecule has 1 aliphatic heterocycles. The van der Waals surface area contributed by atoms with Crippen LogP contribution in [0.4, 0.5) is 0 Å². The maximum absolute atomic E-state index is 8.44. The van der Waals surface area contributed by atoms with Crippen molar-refractivity contribution in [3.8, 4) is 12.1 Å². The van der Waals surface area contributed by atoms with Crippen LogP contribution >= 0.6 is 0 Å². The Kier molecular flexibility index (Phi) is 6.37. The number of hydrogen-bond acceptors (Lipinski definition) is 4. The zero-order valence-electron chi connectivity index (χ0n) is 9.06. The van der Waals surface area contributed by atoms with Gasteiger partial charge in [-0.05, 0) is 33.3 Å². The highest BCUT2D eigenvalue weighted by Gasteiger charge is 2.00. The van der Waals surface area contributed by atoms with E-state index in [0.717, 1.165) is 0 Å². The Morgan fingerprint density at radius 1 is 1.13 bits per heavy atom. The minimum absolute atomic E-state index is 0.0980. The van der Waals surface area contributed by atoms with E-state index in [9.17, 15) is 0 Å². The predicted molar refractivity (Wildman–Crippen MR) is 57.2 cm³/mol. The summed E-state index contributed by atoms with van der Waals surface area (Å²) in [4.78, 5) is 2.00. The topological polar surface area (TPSA) is 60.0 Å². The van der Waals surface area contributed by atoms with Gasteiger partial charge in [0.05, 0.1) is 12.5 Å². The average molecular weight is 203 g/mol. The molecule has 4 nitrogen and oxygen atoms in total. The van der Waals surface area contributed by atoms with Gasteiger partial charge in [0.1, 0.15) is 17.7 Å². The molecule has 1 aliphatic rings. The Labute approximate surface area is 90.0 Å². The van der Waals surface area contributed by atoms with Crippen molar-refractivity contribution < 1.29 is 4.74 Å². The number of nitriles is 2. The summed E-state index contributed by atoms with van der Waals surface area (Å²) in [5.74, 6) is 0. The standard InChI is InChI=1S/C8H4N2O.C3H9N/c9-5-8(6-10)7-1-3-11-4-2-7;1-4(2)3/h1-4H;1-3H3. The van der Waals surface area contributed by atoms with Crippen molar-refractivity contribution in [3.63, 3.8) is 0 Å². The molecule has 0 aromatic rings. The van der Waals surface area contributed by atoms with Crippen molar-refractivity contribution >= 4 is 0 Å². The minimum Gasteiger partial charge on any atom is -0.473 e. The van der Waals surface area contributed by atoms with Crippen molar-refractivity contribution in [1.29, 1.82) is 10.5 Å². The first kappa shape index (κ1) is 13.0. The molecule has 0 fully saturated rings. The highest BCUT2D eigenvalue weighted by Crippen LogP contribution is 2.10. The molecule has 1 heterocycles. The molecule has 0 saturated carbocycles. The van der Waals surface area contributed by atoms with E-state index in [4.69, 9.17) is 15.3 Å². The molecule has 1 rings (SSSR count). The van der Waals surface area contributed by atoms with E-state index in [-0.39, 0.29) is 5.57 Å². The van der Waals surface area contributed by atoms with E-state index in [1.165, 1.54) is 12.5 Å². The predicted octanol–water partition coefficient (Wildman–Crippen LogP) is 1.57. The van der Waals surface area contributed by atoms with Crippen molar-refractivity contribution in [1.82, 2.24) is 4.90 Å². The fourth-order valence-electron chi connectivity index (χ4n) is 0.647. The Morgan fingerprint density at radius 3 is 1.87 bits per heavy atom. The summed E-state index contributed by atoms with van der Waals surface area (Å²) < 4.78 is 4.72. The van der Waals surface area contributed by atoms with Gasteiger partial charge in [-0.15, -0.1) is 0 Å². The van der Waals surface area contributed by atoms with Crippen LogP contribution < -0.4 is 0 Å².